The van der Waals surface area contributed by atoms with Crippen molar-refractivity contribution >= 4 is 23.0 Å². The summed E-state index contributed by atoms with van der Waals surface area (Å²) in [5.74, 6) is 2.21. The van der Waals surface area contributed by atoms with Crippen molar-refractivity contribution in [3.05, 3.63) is 71.9 Å². The number of aryl methyl sites for hydroxylation is 1. The summed E-state index contributed by atoms with van der Waals surface area (Å²) in [4.78, 5) is 16.5. The van der Waals surface area contributed by atoms with Gasteiger partial charge in [0, 0.05) is 12.1 Å². The first-order chi connectivity index (χ1) is 17.0. The summed E-state index contributed by atoms with van der Waals surface area (Å²) < 4.78 is 9.11. The highest BCUT2D eigenvalue weighted by Gasteiger charge is 2.30. The molecule has 1 aliphatic rings. The number of amides is 1. The molecule has 1 atom stereocenters. The second kappa shape index (κ2) is 8.19. The van der Waals surface area contributed by atoms with E-state index in [4.69, 9.17) is 9.84 Å². The molecule has 0 radical (unpaired) electrons. The molecule has 1 aromatic carbocycles. The molecule has 35 heavy (non-hydrogen) atoms. The maximum Gasteiger partial charge on any atom is 0.228 e. The normalized spacial score (nSPS) is 14.4. The van der Waals surface area contributed by atoms with Gasteiger partial charge in [0.15, 0.2) is 17.1 Å². The lowest BCUT2D eigenvalue weighted by molar-refractivity contribution is -0.117. The smallest absolute Gasteiger partial charge is 0.228 e. The molecular formula is C26H25N7O2. The van der Waals surface area contributed by atoms with Gasteiger partial charge in [-0.05, 0) is 79.8 Å². The zero-order valence-corrected chi connectivity index (χ0v) is 19.8. The van der Waals surface area contributed by atoms with E-state index in [1.807, 2.05) is 41.7 Å². The zero-order valence-electron chi connectivity index (χ0n) is 19.8. The highest BCUT2D eigenvalue weighted by atomic mass is 16.5. The monoisotopic (exact) mass is 467 g/mol. The van der Waals surface area contributed by atoms with E-state index in [9.17, 15) is 4.79 Å². The van der Waals surface area contributed by atoms with Crippen molar-refractivity contribution in [3.8, 4) is 16.9 Å². The Kier molecular flexibility index (Phi) is 4.98. The Hall–Kier alpha value is -4.27. The summed E-state index contributed by atoms with van der Waals surface area (Å²) in [7, 11) is 1.68. The van der Waals surface area contributed by atoms with Crippen LogP contribution in [0.3, 0.4) is 0 Å². The molecule has 0 spiro atoms. The summed E-state index contributed by atoms with van der Waals surface area (Å²) in [5, 5.41) is 16.5. The third-order valence-corrected chi connectivity index (χ3v) is 6.53. The number of anilines is 1. The van der Waals surface area contributed by atoms with Gasteiger partial charge in [0.2, 0.25) is 5.91 Å². The number of hydrogen-bond acceptors (Lipinski definition) is 6. The van der Waals surface area contributed by atoms with E-state index >= 15 is 0 Å². The van der Waals surface area contributed by atoms with E-state index in [0.717, 1.165) is 52.4 Å². The van der Waals surface area contributed by atoms with Gasteiger partial charge in [-0.1, -0.05) is 6.07 Å². The number of rotatable bonds is 6. The first-order valence-electron chi connectivity index (χ1n) is 11.7. The molecule has 176 valence electrons. The van der Waals surface area contributed by atoms with Crippen molar-refractivity contribution < 1.29 is 9.53 Å². The molecule has 1 fully saturated rings. The van der Waals surface area contributed by atoms with E-state index in [2.05, 4.69) is 45.8 Å². The van der Waals surface area contributed by atoms with Crippen LogP contribution in [0.15, 0.2) is 54.9 Å². The minimum absolute atomic E-state index is 0.0276. The largest absolute Gasteiger partial charge is 0.496 e. The number of methoxy groups -OCH3 is 1. The average Bonchev–Trinajstić information content (AvgIpc) is 3.52. The zero-order chi connectivity index (χ0) is 24.1. The molecular weight excluding hydrogens is 442 g/mol. The van der Waals surface area contributed by atoms with E-state index in [1.54, 1.807) is 17.8 Å². The van der Waals surface area contributed by atoms with Crippen LogP contribution >= 0.6 is 0 Å². The van der Waals surface area contributed by atoms with Crippen LogP contribution < -0.4 is 10.1 Å². The number of carbonyl (C=O) groups is 1. The van der Waals surface area contributed by atoms with Gasteiger partial charge in [-0.15, -0.1) is 10.2 Å². The van der Waals surface area contributed by atoms with Crippen molar-refractivity contribution in [1.29, 1.82) is 0 Å². The third-order valence-electron chi connectivity index (χ3n) is 6.53. The number of imidazole rings is 1. The molecule has 0 aliphatic heterocycles. The maximum atomic E-state index is 12.1. The van der Waals surface area contributed by atoms with Gasteiger partial charge in [-0.2, -0.15) is 5.10 Å². The molecule has 1 amide bonds. The molecule has 4 heterocycles. The average molecular weight is 468 g/mol. The minimum Gasteiger partial charge on any atom is -0.496 e. The minimum atomic E-state index is -0.117. The topological polar surface area (TPSA) is 98.7 Å². The number of ether oxygens (including phenoxy) is 1. The van der Waals surface area contributed by atoms with Crippen LogP contribution in [0.25, 0.3) is 22.4 Å². The number of nitrogens with one attached hydrogen (secondary N) is 1. The predicted octanol–water partition coefficient (Wildman–Crippen LogP) is 4.26. The number of pyridine rings is 1. The van der Waals surface area contributed by atoms with Gasteiger partial charge in [-0.25, -0.2) is 9.50 Å². The van der Waals surface area contributed by atoms with Crippen LogP contribution in [0.5, 0.6) is 5.75 Å². The van der Waals surface area contributed by atoms with Gasteiger partial charge in [0.1, 0.15) is 11.6 Å². The number of fused-ring (bicyclic) bond motifs is 2. The van der Waals surface area contributed by atoms with Crippen LogP contribution in [-0.2, 0) is 4.79 Å². The van der Waals surface area contributed by atoms with Gasteiger partial charge in [0.05, 0.1) is 24.9 Å². The van der Waals surface area contributed by atoms with Crippen LogP contribution in [0.4, 0.5) is 5.82 Å². The van der Waals surface area contributed by atoms with Crippen molar-refractivity contribution in [2.75, 3.05) is 12.4 Å². The Morgan fingerprint density at radius 2 is 1.86 bits per heavy atom. The Bertz CT molecular complexity index is 1580. The van der Waals surface area contributed by atoms with Crippen LogP contribution in [0.1, 0.15) is 42.8 Å². The fourth-order valence-corrected chi connectivity index (χ4v) is 4.33. The number of nitrogens with zero attached hydrogens (tertiary/aromatic N) is 6. The molecule has 4 aromatic heterocycles. The summed E-state index contributed by atoms with van der Waals surface area (Å²) in [5.41, 5.74) is 5.51. The molecule has 9 heteroatoms. The fourth-order valence-electron chi connectivity index (χ4n) is 4.33. The molecule has 1 unspecified atom stereocenters. The van der Waals surface area contributed by atoms with Crippen molar-refractivity contribution in [2.45, 2.75) is 32.6 Å². The highest BCUT2D eigenvalue weighted by molar-refractivity contribution is 5.93. The predicted molar refractivity (Wildman–Crippen MR) is 132 cm³/mol. The van der Waals surface area contributed by atoms with Crippen LogP contribution in [0, 0.1) is 12.8 Å². The Balaban J connectivity index is 1.32. The Labute approximate surface area is 201 Å². The maximum absolute atomic E-state index is 12.1. The van der Waals surface area contributed by atoms with Crippen LogP contribution in [-0.4, -0.2) is 42.2 Å². The lowest BCUT2D eigenvalue weighted by Crippen LogP contribution is -2.13. The third kappa shape index (κ3) is 3.88. The number of hydrogen-bond donors (Lipinski definition) is 1. The van der Waals surface area contributed by atoms with Gasteiger partial charge < -0.3 is 10.1 Å². The molecule has 9 nitrogen and oxygen atoms in total. The summed E-state index contributed by atoms with van der Waals surface area (Å²) >= 11 is 0. The molecule has 0 bridgehead atoms. The number of carbonyl (C=O) groups excluding carboxylic acids is 1. The molecule has 1 aliphatic carbocycles. The first kappa shape index (κ1) is 21.3. The van der Waals surface area contributed by atoms with E-state index in [0.29, 0.717) is 11.5 Å². The number of benzene rings is 1. The molecule has 0 saturated heterocycles. The second-order valence-electron chi connectivity index (χ2n) is 9.06. The summed E-state index contributed by atoms with van der Waals surface area (Å²) in [6, 6.07) is 14.0. The van der Waals surface area contributed by atoms with Crippen molar-refractivity contribution in [1.82, 2.24) is 29.2 Å². The standard InChI is InChI=1S/C26H25N7O2/c1-15-12-18(6-9-21(15)35-3)19-7-10-24-29-30-25(32(24)13-19)16(2)20-8-11-23-27-22(14-33(23)31-20)28-26(34)17-4-5-17/h6-14,16-17H,4-5H2,1-3H3,(H,28,34). The second-order valence-corrected chi connectivity index (χ2v) is 9.06. The molecule has 6 rings (SSSR count). The van der Waals surface area contributed by atoms with Crippen molar-refractivity contribution in [2.24, 2.45) is 5.92 Å². The summed E-state index contributed by atoms with van der Waals surface area (Å²) in [6.45, 7) is 4.09. The molecule has 1 saturated carbocycles. The SMILES string of the molecule is COc1ccc(-c2ccc3nnc(C(C)c4ccc5nc(NC(=O)C6CC6)cn5n4)n3c2)cc1C. The fraction of sp³-hybridized carbons (Fsp3) is 0.269. The van der Waals surface area contributed by atoms with E-state index in [1.165, 1.54) is 0 Å². The highest BCUT2D eigenvalue weighted by Crippen LogP contribution is 2.30. The van der Waals surface area contributed by atoms with Crippen LogP contribution in [0.2, 0.25) is 0 Å². The van der Waals surface area contributed by atoms with Gasteiger partial charge in [0.25, 0.3) is 0 Å². The molecule has 1 N–H and O–H groups in total. The van der Waals surface area contributed by atoms with Gasteiger partial charge >= 0.3 is 0 Å². The Morgan fingerprint density at radius 3 is 2.63 bits per heavy atom. The quantitative estimate of drug-likeness (QED) is 0.401. The first-order valence-corrected chi connectivity index (χ1v) is 11.7. The molecule has 5 aromatic rings. The van der Waals surface area contributed by atoms with E-state index < -0.39 is 0 Å². The summed E-state index contributed by atoms with van der Waals surface area (Å²) in [6.07, 6.45) is 5.71. The van der Waals surface area contributed by atoms with E-state index in [-0.39, 0.29) is 17.7 Å². The van der Waals surface area contributed by atoms with Gasteiger partial charge in [-0.3, -0.25) is 9.20 Å². The lowest BCUT2D eigenvalue weighted by atomic mass is 10.0. The number of aromatic nitrogens is 6. The Morgan fingerprint density at radius 1 is 1.06 bits per heavy atom. The lowest BCUT2D eigenvalue weighted by Gasteiger charge is -2.11. The van der Waals surface area contributed by atoms with Crippen molar-refractivity contribution in [3.63, 3.8) is 0 Å².